The molecule has 122 valence electrons. The highest BCUT2D eigenvalue weighted by Crippen LogP contribution is 2.31. The molecule has 0 radical (unpaired) electrons. The number of carbonyl (C=O) groups is 1. The molecule has 0 fully saturated rings. The Balaban J connectivity index is 1.88. The SMILES string of the molecule is COc1ccc(NC(=O)c2snnc2-c2ccccc2)c(OC)c1. The highest BCUT2D eigenvalue weighted by Gasteiger charge is 2.19. The molecule has 0 aliphatic heterocycles. The van der Waals surface area contributed by atoms with E-state index in [1.807, 2.05) is 30.3 Å². The van der Waals surface area contributed by atoms with Crippen molar-refractivity contribution in [1.82, 2.24) is 9.59 Å². The summed E-state index contributed by atoms with van der Waals surface area (Å²) in [6.07, 6.45) is 0. The summed E-state index contributed by atoms with van der Waals surface area (Å²) in [4.78, 5) is 13.1. The molecule has 0 aliphatic carbocycles. The van der Waals surface area contributed by atoms with Crippen LogP contribution in [-0.2, 0) is 0 Å². The van der Waals surface area contributed by atoms with E-state index in [4.69, 9.17) is 9.47 Å². The predicted molar refractivity (Wildman–Crippen MR) is 92.8 cm³/mol. The summed E-state index contributed by atoms with van der Waals surface area (Å²) < 4.78 is 14.4. The van der Waals surface area contributed by atoms with Gasteiger partial charge >= 0.3 is 0 Å². The van der Waals surface area contributed by atoms with E-state index in [1.54, 1.807) is 25.3 Å². The highest BCUT2D eigenvalue weighted by molar-refractivity contribution is 7.08. The highest BCUT2D eigenvalue weighted by atomic mass is 32.1. The molecule has 6 nitrogen and oxygen atoms in total. The van der Waals surface area contributed by atoms with Gasteiger partial charge in [-0.25, -0.2) is 0 Å². The van der Waals surface area contributed by atoms with Gasteiger partial charge in [0.2, 0.25) is 0 Å². The van der Waals surface area contributed by atoms with Crippen LogP contribution in [-0.4, -0.2) is 29.7 Å². The molecule has 0 unspecified atom stereocenters. The number of carbonyl (C=O) groups excluding carboxylic acids is 1. The minimum absolute atomic E-state index is 0.285. The maximum atomic E-state index is 12.6. The molecule has 0 bridgehead atoms. The van der Waals surface area contributed by atoms with Gasteiger partial charge in [-0.2, -0.15) is 0 Å². The molecular weight excluding hydrogens is 326 g/mol. The molecule has 0 saturated heterocycles. The molecule has 0 saturated carbocycles. The normalized spacial score (nSPS) is 10.2. The van der Waals surface area contributed by atoms with Crippen LogP contribution in [0.25, 0.3) is 11.3 Å². The van der Waals surface area contributed by atoms with Crippen LogP contribution in [0, 0.1) is 0 Å². The van der Waals surface area contributed by atoms with Gasteiger partial charge < -0.3 is 14.8 Å². The first-order valence-corrected chi connectivity index (χ1v) is 7.91. The van der Waals surface area contributed by atoms with Gasteiger partial charge in [0.15, 0.2) is 0 Å². The van der Waals surface area contributed by atoms with Crippen LogP contribution >= 0.6 is 11.5 Å². The fourth-order valence-corrected chi connectivity index (χ4v) is 2.79. The Morgan fingerprint density at radius 3 is 2.58 bits per heavy atom. The quantitative estimate of drug-likeness (QED) is 0.769. The van der Waals surface area contributed by atoms with Crippen LogP contribution in [0.15, 0.2) is 48.5 Å². The number of aromatic nitrogens is 2. The first-order valence-electron chi connectivity index (χ1n) is 7.14. The molecule has 3 rings (SSSR count). The molecule has 7 heteroatoms. The Bertz CT molecular complexity index is 849. The van der Waals surface area contributed by atoms with Crippen molar-refractivity contribution in [3.05, 3.63) is 53.4 Å². The number of amides is 1. The second-order valence-corrected chi connectivity index (χ2v) is 5.59. The third-order valence-electron chi connectivity index (χ3n) is 3.40. The Hall–Kier alpha value is -2.93. The topological polar surface area (TPSA) is 73.3 Å². The molecule has 0 atom stereocenters. The van der Waals surface area contributed by atoms with Crippen LogP contribution in [0.2, 0.25) is 0 Å². The van der Waals surface area contributed by atoms with Gasteiger partial charge in [0.05, 0.1) is 19.9 Å². The van der Waals surface area contributed by atoms with Gasteiger partial charge in [-0.3, -0.25) is 4.79 Å². The fraction of sp³-hybridized carbons (Fsp3) is 0.118. The summed E-state index contributed by atoms with van der Waals surface area (Å²) >= 11 is 1.05. The smallest absolute Gasteiger partial charge is 0.269 e. The zero-order valence-corrected chi connectivity index (χ0v) is 14.0. The summed E-state index contributed by atoms with van der Waals surface area (Å²) in [5.74, 6) is 0.878. The predicted octanol–water partition coefficient (Wildman–Crippen LogP) is 3.47. The van der Waals surface area contributed by atoms with Crippen LogP contribution in [0.3, 0.4) is 0 Å². The lowest BCUT2D eigenvalue weighted by Gasteiger charge is -2.11. The minimum Gasteiger partial charge on any atom is -0.497 e. The third kappa shape index (κ3) is 3.21. The fourth-order valence-electron chi connectivity index (χ4n) is 2.21. The van der Waals surface area contributed by atoms with Gasteiger partial charge in [-0.15, -0.1) is 5.10 Å². The van der Waals surface area contributed by atoms with E-state index in [2.05, 4.69) is 14.9 Å². The van der Waals surface area contributed by atoms with Crippen molar-refractivity contribution < 1.29 is 14.3 Å². The number of hydrogen-bond donors (Lipinski definition) is 1. The number of nitrogens with one attached hydrogen (secondary N) is 1. The third-order valence-corrected chi connectivity index (χ3v) is 4.12. The maximum Gasteiger partial charge on any atom is 0.269 e. The summed E-state index contributed by atoms with van der Waals surface area (Å²) in [6, 6.07) is 14.7. The van der Waals surface area contributed by atoms with Crippen LogP contribution in [0.4, 0.5) is 5.69 Å². The zero-order chi connectivity index (χ0) is 16.9. The molecule has 1 amide bonds. The first-order chi connectivity index (χ1) is 11.7. The van der Waals surface area contributed by atoms with E-state index in [0.29, 0.717) is 27.8 Å². The van der Waals surface area contributed by atoms with E-state index < -0.39 is 0 Å². The summed E-state index contributed by atoms with van der Waals surface area (Å²) in [7, 11) is 3.11. The van der Waals surface area contributed by atoms with Crippen molar-refractivity contribution in [3.8, 4) is 22.8 Å². The van der Waals surface area contributed by atoms with Crippen molar-refractivity contribution in [2.24, 2.45) is 0 Å². The van der Waals surface area contributed by atoms with Crippen molar-refractivity contribution in [1.29, 1.82) is 0 Å². The van der Waals surface area contributed by atoms with E-state index in [9.17, 15) is 4.79 Å². The zero-order valence-electron chi connectivity index (χ0n) is 13.1. The number of methoxy groups -OCH3 is 2. The summed E-state index contributed by atoms with van der Waals surface area (Å²) in [6.45, 7) is 0. The average molecular weight is 341 g/mol. The largest absolute Gasteiger partial charge is 0.497 e. The number of anilines is 1. The van der Waals surface area contributed by atoms with E-state index >= 15 is 0 Å². The van der Waals surface area contributed by atoms with Gasteiger partial charge in [0, 0.05) is 11.6 Å². The first kappa shape index (κ1) is 15.9. The van der Waals surface area contributed by atoms with E-state index in [1.165, 1.54) is 7.11 Å². The molecule has 0 spiro atoms. The van der Waals surface area contributed by atoms with Crippen molar-refractivity contribution in [2.75, 3.05) is 19.5 Å². The van der Waals surface area contributed by atoms with Crippen molar-refractivity contribution in [2.45, 2.75) is 0 Å². The molecule has 1 N–H and O–H groups in total. The molecule has 3 aromatic rings. The van der Waals surface area contributed by atoms with Gasteiger partial charge in [-0.05, 0) is 23.7 Å². The molecule has 0 aliphatic rings. The second kappa shape index (κ2) is 7.10. The lowest BCUT2D eigenvalue weighted by Crippen LogP contribution is -2.12. The van der Waals surface area contributed by atoms with Gasteiger partial charge in [0.25, 0.3) is 5.91 Å². The summed E-state index contributed by atoms with van der Waals surface area (Å²) in [5, 5.41) is 6.91. The lowest BCUT2D eigenvalue weighted by atomic mass is 10.1. The molecule has 24 heavy (non-hydrogen) atoms. The molecule has 1 aromatic heterocycles. The number of ether oxygens (including phenoxy) is 2. The maximum absolute atomic E-state index is 12.6. The molecular formula is C17H15N3O3S. The number of benzene rings is 2. The minimum atomic E-state index is -0.285. The average Bonchev–Trinajstić information content (AvgIpc) is 3.12. The Morgan fingerprint density at radius 2 is 1.88 bits per heavy atom. The van der Waals surface area contributed by atoms with Gasteiger partial charge in [-0.1, -0.05) is 34.8 Å². The number of nitrogens with zero attached hydrogens (tertiary/aromatic N) is 2. The Kier molecular flexibility index (Phi) is 4.72. The summed E-state index contributed by atoms with van der Waals surface area (Å²) in [5.41, 5.74) is 1.96. The monoisotopic (exact) mass is 341 g/mol. The Labute approximate surface area is 143 Å². The lowest BCUT2D eigenvalue weighted by molar-refractivity contribution is 0.103. The van der Waals surface area contributed by atoms with Crippen molar-refractivity contribution >= 4 is 23.1 Å². The number of rotatable bonds is 5. The van der Waals surface area contributed by atoms with E-state index in [-0.39, 0.29) is 5.91 Å². The van der Waals surface area contributed by atoms with E-state index in [0.717, 1.165) is 17.1 Å². The Morgan fingerprint density at radius 1 is 1.08 bits per heavy atom. The molecule has 2 aromatic carbocycles. The van der Waals surface area contributed by atoms with Crippen LogP contribution in [0.5, 0.6) is 11.5 Å². The molecule has 1 heterocycles. The second-order valence-electron chi connectivity index (χ2n) is 4.84. The van der Waals surface area contributed by atoms with Crippen LogP contribution < -0.4 is 14.8 Å². The van der Waals surface area contributed by atoms with Gasteiger partial charge in [0.1, 0.15) is 22.1 Å². The standard InChI is InChI=1S/C17H15N3O3S/c1-22-12-8-9-13(14(10-12)23-2)18-17(21)16-15(19-20-24-16)11-6-4-3-5-7-11/h3-10H,1-2H3,(H,18,21). The van der Waals surface area contributed by atoms with Crippen molar-refractivity contribution in [3.63, 3.8) is 0 Å². The van der Waals surface area contributed by atoms with Crippen LogP contribution in [0.1, 0.15) is 9.67 Å². The number of hydrogen-bond acceptors (Lipinski definition) is 6.